The summed E-state index contributed by atoms with van der Waals surface area (Å²) in [5, 5.41) is 0. The van der Waals surface area contributed by atoms with Crippen LogP contribution in [0.2, 0.25) is 0 Å². The number of rotatable bonds is 3. The first kappa shape index (κ1) is 7.21. The molecule has 0 rings (SSSR count). The third-order valence-electron chi connectivity index (χ3n) is 0.673. The molecule has 0 aromatic rings. The number of nitrogens with zero attached hydrogens (tertiary/aromatic N) is 1. The summed E-state index contributed by atoms with van der Waals surface area (Å²) in [6.07, 6.45) is 4.96. The molecule has 0 atom stereocenters. The molecule has 0 saturated heterocycles. The van der Waals surface area contributed by atoms with Crippen molar-refractivity contribution in [3.8, 4) is 0 Å². The molecular weight excluding hydrogens is 102 g/mol. The molecular formula is C6H10NO. The number of amides is 1. The van der Waals surface area contributed by atoms with Crippen molar-refractivity contribution in [1.29, 1.82) is 0 Å². The first-order valence-electron chi connectivity index (χ1n) is 2.44. The fourth-order valence-electron chi connectivity index (χ4n) is 0.276. The molecule has 0 spiro atoms. The van der Waals surface area contributed by atoms with E-state index in [0.29, 0.717) is 0 Å². The molecule has 0 aliphatic heterocycles. The molecule has 0 aliphatic rings. The summed E-state index contributed by atoms with van der Waals surface area (Å²) in [5.74, 6) is 0. The van der Waals surface area contributed by atoms with Crippen LogP contribution in [0, 0.1) is 6.92 Å². The first-order valence-corrected chi connectivity index (χ1v) is 2.44. The molecule has 0 unspecified atom stereocenters. The highest BCUT2D eigenvalue weighted by atomic mass is 16.1. The smallest absolute Gasteiger partial charge is 0.213 e. The van der Waals surface area contributed by atoms with Crippen molar-refractivity contribution in [1.82, 2.24) is 4.90 Å². The lowest BCUT2D eigenvalue weighted by atomic mass is 10.5. The Bertz CT molecular complexity index is 88.5. The maximum Gasteiger partial charge on any atom is 0.213 e. The standard InChI is InChI=1S/C6H10NO/c1-3-4-5-7(2)6-8/h4-6H,1,3H2,2H3. The number of hydrogen-bond acceptors (Lipinski definition) is 1. The van der Waals surface area contributed by atoms with Crippen LogP contribution >= 0.6 is 0 Å². The van der Waals surface area contributed by atoms with Gasteiger partial charge in [-0.2, -0.15) is 0 Å². The Morgan fingerprint density at radius 2 is 2.38 bits per heavy atom. The van der Waals surface area contributed by atoms with Crippen molar-refractivity contribution in [3.05, 3.63) is 19.2 Å². The maximum absolute atomic E-state index is 9.86. The zero-order valence-electron chi connectivity index (χ0n) is 5.00. The Hall–Kier alpha value is -0.790. The van der Waals surface area contributed by atoms with Crippen LogP contribution in [-0.4, -0.2) is 18.4 Å². The van der Waals surface area contributed by atoms with E-state index in [1.807, 2.05) is 6.08 Å². The van der Waals surface area contributed by atoms with E-state index in [9.17, 15) is 4.79 Å². The predicted molar refractivity (Wildman–Crippen MR) is 32.9 cm³/mol. The second kappa shape index (κ2) is 4.37. The lowest BCUT2D eigenvalue weighted by Crippen LogP contribution is -2.05. The molecule has 45 valence electrons. The SMILES string of the molecule is [CH2]CC=CN(C)C=O. The van der Waals surface area contributed by atoms with Gasteiger partial charge in [-0.3, -0.25) is 4.79 Å². The zero-order valence-corrected chi connectivity index (χ0v) is 5.00. The van der Waals surface area contributed by atoms with Crippen molar-refractivity contribution in [2.75, 3.05) is 7.05 Å². The summed E-state index contributed by atoms with van der Waals surface area (Å²) in [7, 11) is 1.68. The molecule has 1 amide bonds. The minimum Gasteiger partial charge on any atom is -0.325 e. The lowest BCUT2D eigenvalue weighted by Gasteiger charge is -1.98. The summed E-state index contributed by atoms with van der Waals surface area (Å²) >= 11 is 0. The van der Waals surface area contributed by atoms with Crippen LogP contribution in [0.5, 0.6) is 0 Å². The molecule has 0 aromatic heterocycles. The monoisotopic (exact) mass is 112 g/mol. The van der Waals surface area contributed by atoms with Gasteiger partial charge in [0, 0.05) is 13.2 Å². The van der Waals surface area contributed by atoms with Crippen molar-refractivity contribution in [2.45, 2.75) is 6.42 Å². The summed E-state index contributed by atoms with van der Waals surface area (Å²) in [6.45, 7) is 3.56. The van der Waals surface area contributed by atoms with Crippen molar-refractivity contribution in [3.63, 3.8) is 0 Å². The Balaban J connectivity index is 3.35. The van der Waals surface area contributed by atoms with Gasteiger partial charge in [0.1, 0.15) is 0 Å². The van der Waals surface area contributed by atoms with Crippen LogP contribution in [0.25, 0.3) is 0 Å². The van der Waals surface area contributed by atoms with Crippen LogP contribution in [0.4, 0.5) is 0 Å². The zero-order chi connectivity index (χ0) is 6.41. The number of hydrogen-bond donors (Lipinski definition) is 0. The summed E-state index contributed by atoms with van der Waals surface area (Å²) in [5.41, 5.74) is 0. The Kier molecular flexibility index (Phi) is 3.94. The van der Waals surface area contributed by atoms with Gasteiger partial charge in [-0.25, -0.2) is 0 Å². The van der Waals surface area contributed by atoms with Gasteiger partial charge >= 0.3 is 0 Å². The van der Waals surface area contributed by atoms with E-state index in [1.165, 1.54) is 4.90 Å². The average molecular weight is 112 g/mol. The molecule has 2 heteroatoms. The Morgan fingerprint density at radius 3 is 2.75 bits per heavy atom. The van der Waals surface area contributed by atoms with E-state index in [0.717, 1.165) is 12.8 Å². The summed E-state index contributed by atoms with van der Waals surface area (Å²) in [4.78, 5) is 11.3. The van der Waals surface area contributed by atoms with E-state index in [4.69, 9.17) is 0 Å². The van der Waals surface area contributed by atoms with Gasteiger partial charge in [-0.15, -0.1) is 0 Å². The number of allylic oxidation sites excluding steroid dienone is 1. The third kappa shape index (κ3) is 3.40. The highest BCUT2D eigenvalue weighted by molar-refractivity contribution is 5.48. The molecule has 0 N–H and O–H groups in total. The van der Waals surface area contributed by atoms with Gasteiger partial charge in [0.2, 0.25) is 6.41 Å². The number of carbonyl (C=O) groups is 1. The van der Waals surface area contributed by atoms with E-state index < -0.39 is 0 Å². The second-order valence-electron chi connectivity index (χ2n) is 1.44. The van der Waals surface area contributed by atoms with E-state index in [1.54, 1.807) is 13.2 Å². The molecule has 0 saturated carbocycles. The Labute approximate surface area is 49.8 Å². The van der Waals surface area contributed by atoms with Gasteiger partial charge in [0.05, 0.1) is 0 Å². The van der Waals surface area contributed by atoms with E-state index in [2.05, 4.69) is 6.92 Å². The predicted octanol–water partition coefficient (Wildman–Crippen LogP) is 0.812. The molecule has 1 radical (unpaired) electrons. The quantitative estimate of drug-likeness (QED) is 0.495. The highest BCUT2D eigenvalue weighted by Gasteiger charge is 1.78. The van der Waals surface area contributed by atoms with Gasteiger partial charge in [-0.1, -0.05) is 6.08 Å². The number of carbonyl (C=O) groups excluding carboxylic acids is 1. The third-order valence-corrected chi connectivity index (χ3v) is 0.673. The van der Waals surface area contributed by atoms with Crippen LogP contribution in [-0.2, 0) is 4.79 Å². The molecule has 0 bridgehead atoms. The molecule has 0 fully saturated rings. The topological polar surface area (TPSA) is 20.3 Å². The van der Waals surface area contributed by atoms with Gasteiger partial charge in [0.15, 0.2) is 0 Å². The molecule has 0 aromatic carbocycles. The fraction of sp³-hybridized carbons (Fsp3) is 0.333. The normalized spacial score (nSPS) is 9.75. The largest absolute Gasteiger partial charge is 0.325 e. The summed E-state index contributed by atoms with van der Waals surface area (Å²) in [6, 6.07) is 0. The maximum atomic E-state index is 9.86. The minimum absolute atomic E-state index is 0.720. The van der Waals surface area contributed by atoms with Gasteiger partial charge in [0.25, 0.3) is 0 Å². The minimum atomic E-state index is 0.720. The first-order chi connectivity index (χ1) is 3.81. The van der Waals surface area contributed by atoms with E-state index >= 15 is 0 Å². The van der Waals surface area contributed by atoms with Crippen molar-refractivity contribution < 1.29 is 4.79 Å². The fourth-order valence-corrected chi connectivity index (χ4v) is 0.276. The Morgan fingerprint density at radius 1 is 1.75 bits per heavy atom. The highest BCUT2D eigenvalue weighted by Crippen LogP contribution is 1.80. The van der Waals surface area contributed by atoms with Crippen LogP contribution in [0.15, 0.2) is 12.3 Å². The van der Waals surface area contributed by atoms with E-state index in [-0.39, 0.29) is 0 Å². The van der Waals surface area contributed by atoms with Crippen LogP contribution in [0.1, 0.15) is 6.42 Å². The summed E-state index contributed by atoms with van der Waals surface area (Å²) < 4.78 is 0. The van der Waals surface area contributed by atoms with Crippen molar-refractivity contribution in [2.24, 2.45) is 0 Å². The van der Waals surface area contributed by atoms with Gasteiger partial charge in [-0.05, 0) is 13.3 Å². The van der Waals surface area contributed by atoms with Crippen LogP contribution < -0.4 is 0 Å². The van der Waals surface area contributed by atoms with Crippen LogP contribution in [0.3, 0.4) is 0 Å². The molecule has 2 nitrogen and oxygen atoms in total. The molecule has 0 aliphatic carbocycles. The van der Waals surface area contributed by atoms with Gasteiger partial charge < -0.3 is 4.90 Å². The molecule has 8 heavy (non-hydrogen) atoms. The lowest BCUT2D eigenvalue weighted by molar-refractivity contribution is -0.114. The second-order valence-corrected chi connectivity index (χ2v) is 1.44. The molecule has 0 heterocycles. The van der Waals surface area contributed by atoms with Crippen molar-refractivity contribution >= 4 is 6.41 Å². The average Bonchev–Trinajstić information content (AvgIpc) is 1.83.